The number of aromatic nitrogens is 4. The maximum atomic E-state index is 4.19. The van der Waals surface area contributed by atoms with Crippen molar-refractivity contribution in [1.29, 1.82) is 0 Å². The minimum Gasteiger partial charge on any atom is -0.261 e. The van der Waals surface area contributed by atoms with Gasteiger partial charge in [-0.2, -0.15) is 0 Å². The molecule has 4 nitrogen and oxygen atoms in total. The predicted octanol–water partition coefficient (Wildman–Crippen LogP) is 1.70. The molecule has 0 saturated carbocycles. The van der Waals surface area contributed by atoms with Gasteiger partial charge in [-0.1, -0.05) is 0 Å². The fourth-order valence-electron chi connectivity index (χ4n) is 1.07. The highest BCUT2D eigenvalue weighted by molar-refractivity contribution is 7.97. The van der Waals surface area contributed by atoms with E-state index in [2.05, 4.69) is 19.9 Å². The lowest BCUT2D eigenvalue weighted by atomic mass is 10.5. The number of hydrogen-bond acceptors (Lipinski definition) is 5. The van der Waals surface area contributed by atoms with E-state index in [1.807, 2.05) is 0 Å². The number of thioether (sulfide) groups is 1. The second kappa shape index (κ2) is 5.41. The summed E-state index contributed by atoms with van der Waals surface area (Å²) < 4.78 is 0. The Balaban J connectivity index is 1.81. The maximum absolute atomic E-state index is 4.19. The third-order valence-electron chi connectivity index (χ3n) is 1.73. The number of hydrogen-bond donors (Lipinski definition) is 0. The zero-order valence-electron chi connectivity index (χ0n) is 8.08. The Bertz CT molecular complexity index is 353. The Kier molecular flexibility index (Phi) is 3.62. The van der Waals surface area contributed by atoms with E-state index in [-0.39, 0.29) is 0 Å². The Labute approximate surface area is 92.2 Å². The van der Waals surface area contributed by atoms with Crippen molar-refractivity contribution in [3.63, 3.8) is 0 Å². The monoisotopic (exact) mass is 218 g/mol. The zero-order valence-corrected chi connectivity index (χ0v) is 8.89. The average Bonchev–Trinajstić information content (AvgIpc) is 2.32. The fourth-order valence-corrected chi connectivity index (χ4v) is 1.89. The smallest absolute Gasteiger partial charge is 0.0685 e. The van der Waals surface area contributed by atoms with Gasteiger partial charge in [0.25, 0.3) is 0 Å². The maximum Gasteiger partial charge on any atom is 0.0685 e. The van der Waals surface area contributed by atoms with Crippen LogP contribution in [0.5, 0.6) is 0 Å². The first kappa shape index (κ1) is 10.0. The summed E-state index contributed by atoms with van der Waals surface area (Å²) in [5.41, 5.74) is 1.98. The molecule has 0 N–H and O–H groups in total. The summed E-state index contributed by atoms with van der Waals surface area (Å²) in [6.07, 6.45) is 10.3. The highest BCUT2D eigenvalue weighted by Crippen LogP contribution is 2.13. The van der Waals surface area contributed by atoms with Crippen molar-refractivity contribution in [3.8, 4) is 0 Å². The van der Waals surface area contributed by atoms with Crippen molar-refractivity contribution in [3.05, 3.63) is 48.6 Å². The largest absolute Gasteiger partial charge is 0.261 e. The van der Waals surface area contributed by atoms with Crippen LogP contribution in [0.4, 0.5) is 0 Å². The summed E-state index contributed by atoms with van der Waals surface area (Å²) in [6.45, 7) is 0. The van der Waals surface area contributed by atoms with Crippen LogP contribution in [0, 0.1) is 0 Å². The van der Waals surface area contributed by atoms with E-state index >= 15 is 0 Å². The molecular formula is C10H10N4S. The molecule has 5 heteroatoms. The van der Waals surface area contributed by atoms with Crippen LogP contribution in [0.15, 0.2) is 37.2 Å². The van der Waals surface area contributed by atoms with E-state index in [1.165, 1.54) is 0 Å². The van der Waals surface area contributed by atoms with Gasteiger partial charge in [0.05, 0.1) is 11.4 Å². The van der Waals surface area contributed by atoms with Gasteiger partial charge in [0.2, 0.25) is 0 Å². The summed E-state index contributed by atoms with van der Waals surface area (Å²) in [5, 5.41) is 0. The molecule has 2 rings (SSSR count). The third kappa shape index (κ3) is 3.28. The van der Waals surface area contributed by atoms with Crippen molar-refractivity contribution >= 4 is 11.8 Å². The summed E-state index contributed by atoms with van der Waals surface area (Å²) in [5.74, 6) is 1.70. The summed E-state index contributed by atoms with van der Waals surface area (Å²) in [6, 6.07) is 0. The first-order valence-corrected chi connectivity index (χ1v) is 5.68. The second-order valence-corrected chi connectivity index (χ2v) is 3.87. The highest BCUT2D eigenvalue weighted by atomic mass is 32.2. The van der Waals surface area contributed by atoms with E-state index in [4.69, 9.17) is 0 Å². The summed E-state index contributed by atoms with van der Waals surface area (Å²) in [7, 11) is 0. The predicted molar refractivity (Wildman–Crippen MR) is 59.1 cm³/mol. The van der Waals surface area contributed by atoms with Crippen LogP contribution in [0.3, 0.4) is 0 Å². The average molecular weight is 218 g/mol. The molecule has 0 unspecified atom stereocenters. The van der Waals surface area contributed by atoms with Crippen molar-refractivity contribution < 1.29 is 0 Å². The minimum absolute atomic E-state index is 0.852. The first-order valence-electron chi connectivity index (χ1n) is 4.52. The molecule has 2 aromatic rings. The van der Waals surface area contributed by atoms with Crippen molar-refractivity contribution in [2.75, 3.05) is 0 Å². The van der Waals surface area contributed by atoms with E-state index < -0.39 is 0 Å². The molecule has 0 atom stereocenters. The molecule has 0 spiro atoms. The van der Waals surface area contributed by atoms with Crippen molar-refractivity contribution in [2.24, 2.45) is 0 Å². The third-order valence-corrected chi connectivity index (χ3v) is 2.73. The van der Waals surface area contributed by atoms with Crippen LogP contribution in [0.2, 0.25) is 0 Å². The molecule has 0 aliphatic carbocycles. The van der Waals surface area contributed by atoms with E-state index in [1.54, 1.807) is 48.9 Å². The number of rotatable bonds is 4. The zero-order chi connectivity index (χ0) is 10.3. The molecule has 0 aliphatic rings. The quantitative estimate of drug-likeness (QED) is 0.781. The van der Waals surface area contributed by atoms with Crippen LogP contribution in [0.1, 0.15) is 11.4 Å². The van der Waals surface area contributed by atoms with E-state index in [0.29, 0.717) is 0 Å². The van der Waals surface area contributed by atoms with E-state index in [9.17, 15) is 0 Å². The van der Waals surface area contributed by atoms with Gasteiger partial charge >= 0.3 is 0 Å². The standard InChI is InChI=1S/C10H10N4S/c1-3-13-9(5-11-1)7-15-8-10-6-12-2-4-14-10/h1-6H,7-8H2. The van der Waals surface area contributed by atoms with Gasteiger partial charge in [0.1, 0.15) is 0 Å². The van der Waals surface area contributed by atoms with Gasteiger partial charge in [-0.25, -0.2) is 0 Å². The van der Waals surface area contributed by atoms with E-state index in [0.717, 1.165) is 22.9 Å². The number of nitrogens with zero attached hydrogens (tertiary/aromatic N) is 4. The molecule has 0 amide bonds. The van der Waals surface area contributed by atoms with Gasteiger partial charge in [0, 0.05) is 48.7 Å². The van der Waals surface area contributed by atoms with Gasteiger partial charge < -0.3 is 0 Å². The first-order chi connectivity index (χ1) is 7.45. The molecule has 0 aromatic carbocycles. The summed E-state index contributed by atoms with van der Waals surface area (Å²) in [4.78, 5) is 16.4. The normalized spacial score (nSPS) is 10.1. The lowest BCUT2D eigenvalue weighted by Gasteiger charge is -1.99. The molecule has 0 bridgehead atoms. The second-order valence-electron chi connectivity index (χ2n) is 2.89. The molecule has 15 heavy (non-hydrogen) atoms. The topological polar surface area (TPSA) is 51.6 Å². The lowest BCUT2D eigenvalue weighted by molar-refractivity contribution is 1.08. The lowest BCUT2D eigenvalue weighted by Crippen LogP contribution is -1.90. The Morgan fingerprint density at radius 2 is 1.33 bits per heavy atom. The molecule has 0 fully saturated rings. The van der Waals surface area contributed by atoms with Gasteiger partial charge in [0.15, 0.2) is 0 Å². The SMILES string of the molecule is c1cnc(CSCc2cnccn2)cn1. The summed E-state index contributed by atoms with van der Waals surface area (Å²) >= 11 is 1.75. The Morgan fingerprint density at radius 1 is 0.800 bits per heavy atom. The molecule has 2 aromatic heterocycles. The fraction of sp³-hybridized carbons (Fsp3) is 0.200. The van der Waals surface area contributed by atoms with Gasteiger partial charge in [-0.05, 0) is 0 Å². The molecular weight excluding hydrogens is 208 g/mol. The van der Waals surface area contributed by atoms with Crippen LogP contribution in [-0.2, 0) is 11.5 Å². The van der Waals surface area contributed by atoms with Crippen LogP contribution in [0.25, 0.3) is 0 Å². The molecule has 76 valence electrons. The van der Waals surface area contributed by atoms with Gasteiger partial charge in [-0.15, -0.1) is 11.8 Å². The Hall–Kier alpha value is -1.49. The van der Waals surface area contributed by atoms with Crippen LogP contribution in [-0.4, -0.2) is 19.9 Å². The molecule has 0 radical (unpaired) electrons. The molecule has 0 saturated heterocycles. The molecule has 2 heterocycles. The van der Waals surface area contributed by atoms with Crippen molar-refractivity contribution in [1.82, 2.24) is 19.9 Å². The van der Waals surface area contributed by atoms with Crippen LogP contribution < -0.4 is 0 Å². The Morgan fingerprint density at radius 3 is 1.73 bits per heavy atom. The van der Waals surface area contributed by atoms with Crippen molar-refractivity contribution in [2.45, 2.75) is 11.5 Å². The van der Waals surface area contributed by atoms with Gasteiger partial charge in [-0.3, -0.25) is 19.9 Å². The minimum atomic E-state index is 0.852. The molecule has 0 aliphatic heterocycles. The highest BCUT2D eigenvalue weighted by Gasteiger charge is 1.96. The van der Waals surface area contributed by atoms with Crippen LogP contribution >= 0.6 is 11.8 Å².